The smallest absolute Gasteiger partial charge is 0.251 e. The molecule has 1 aliphatic heterocycles. The summed E-state index contributed by atoms with van der Waals surface area (Å²) in [5.41, 5.74) is 5.86. The van der Waals surface area contributed by atoms with Crippen molar-refractivity contribution in [2.45, 2.75) is 51.7 Å². The average Bonchev–Trinajstić information content (AvgIpc) is 3.61. The molecule has 2 heterocycles. The second kappa shape index (κ2) is 13.0. The Balaban J connectivity index is 1.31. The van der Waals surface area contributed by atoms with Crippen LogP contribution >= 0.6 is 11.8 Å². The van der Waals surface area contributed by atoms with Gasteiger partial charge < -0.3 is 15.0 Å². The van der Waals surface area contributed by atoms with Gasteiger partial charge in [0.1, 0.15) is 5.75 Å². The Bertz CT molecular complexity index is 1530. The Morgan fingerprint density at radius 2 is 1.76 bits per heavy atom. The zero-order valence-electron chi connectivity index (χ0n) is 23.7. The van der Waals surface area contributed by atoms with Crippen LogP contribution in [0.5, 0.6) is 5.75 Å². The van der Waals surface area contributed by atoms with E-state index in [-0.39, 0.29) is 24.1 Å². The second-order valence-corrected chi connectivity index (χ2v) is 11.0. The minimum atomic E-state index is -0.210. The monoisotopic (exact) mass is 569 g/mol. The molecule has 1 N–H and O–H groups in total. The predicted octanol–water partition coefficient (Wildman–Crippen LogP) is 5.67. The molecule has 0 unspecified atom stereocenters. The molecule has 0 bridgehead atoms. The van der Waals surface area contributed by atoms with Crippen molar-refractivity contribution in [3.8, 4) is 11.4 Å². The first-order valence-electron chi connectivity index (χ1n) is 14.0. The van der Waals surface area contributed by atoms with Gasteiger partial charge in [-0.1, -0.05) is 55.4 Å². The molecule has 9 heteroatoms. The number of carbonyl (C=O) groups excluding carboxylic acids is 2. The highest BCUT2D eigenvalue weighted by atomic mass is 32.2. The zero-order chi connectivity index (χ0) is 28.8. The number of rotatable bonds is 11. The van der Waals surface area contributed by atoms with Crippen molar-refractivity contribution in [1.82, 2.24) is 20.1 Å². The number of hydrogen-bond acceptors (Lipinski definition) is 6. The van der Waals surface area contributed by atoms with Crippen LogP contribution in [-0.4, -0.2) is 45.5 Å². The lowest BCUT2D eigenvalue weighted by atomic mass is 10.1. The molecule has 0 saturated carbocycles. The van der Waals surface area contributed by atoms with Crippen LogP contribution in [0.4, 0.5) is 5.69 Å². The fourth-order valence-electron chi connectivity index (χ4n) is 4.83. The first kappa shape index (κ1) is 28.4. The maximum absolute atomic E-state index is 13.2. The second-order valence-electron chi connectivity index (χ2n) is 10.1. The molecule has 2 amide bonds. The number of nitrogens with one attached hydrogen (secondary N) is 1. The Morgan fingerprint density at radius 1 is 0.976 bits per heavy atom. The van der Waals surface area contributed by atoms with Gasteiger partial charge in [-0.05, 0) is 79.8 Å². The van der Waals surface area contributed by atoms with Gasteiger partial charge in [0.15, 0.2) is 11.0 Å². The zero-order valence-corrected chi connectivity index (χ0v) is 24.5. The van der Waals surface area contributed by atoms with Gasteiger partial charge in [-0.2, -0.15) is 0 Å². The fourth-order valence-corrected chi connectivity index (χ4v) is 5.67. The number of aromatic nitrogens is 3. The Labute approximate surface area is 245 Å². The normalized spacial score (nSPS) is 12.3. The summed E-state index contributed by atoms with van der Waals surface area (Å²) in [6.45, 7) is 7.76. The van der Waals surface area contributed by atoms with Crippen LogP contribution in [0.15, 0.2) is 71.9 Å². The maximum atomic E-state index is 13.2. The molecular weight excluding hydrogens is 534 g/mol. The van der Waals surface area contributed by atoms with Gasteiger partial charge in [-0.25, -0.2) is 0 Å². The van der Waals surface area contributed by atoms with Crippen molar-refractivity contribution in [3.63, 3.8) is 0 Å². The van der Waals surface area contributed by atoms with Gasteiger partial charge in [0.2, 0.25) is 5.91 Å². The highest BCUT2D eigenvalue weighted by Gasteiger charge is 2.25. The minimum Gasteiger partial charge on any atom is -0.494 e. The van der Waals surface area contributed by atoms with Gasteiger partial charge in [-0.15, -0.1) is 10.2 Å². The van der Waals surface area contributed by atoms with E-state index in [1.807, 2.05) is 51.9 Å². The standard InChI is InChI=1S/C32H35N5O3S/c1-4-5-19-40-26-15-13-25(14-16-26)31(39)33-20-29-34-35-32(37(29)27-12-8-9-22(2)23(27)3)41-21-30(38)36-18-17-24-10-6-7-11-28(24)36/h6-16H,4-5,17-21H2,1-3H3,(H,33,39). The van der Waals surface area contributed by atoms with E-state index < -0.39 is 0 Å². The summed E-state index contributed by atoms with van der Waals surface area (Å²) >= 11 is 1.36. The van der Waals surface area contributed by atoms with Crippen molar-refractivity contribution in [2.75, 3.05) is 23.8 Å². The molecule has 212 valence electrons. The Morgan fingerprint density at radius 3 is 2.56 bits per heavy atom. The van der Waals surface area contributed by atoms with Crippen LogP contribution in [0.3, 0.4) is 0 Å². The topological polar surface area (TPSA) is 89.3 Å². The van der Waals surface area contributed by atoms with Gasteiger partial charge >= 0.3 is 0 Å². The number of ether oxygens (including phenoxy) is 1. The van der Waals surface area contributed by atoms with E-state index >= 15 is 0 Å². The predicted molar refractivity (Wildman–Crippen MR) is 162 cm³/mol. The number of amides is 2. The maximum Gasteiger partial charge on any atom is 0.251 e. The van der Waals surface area contributed by atoms with Crippen LogP contribution in [0.25, 0.3) is 5.69 Å². The third-order valence-electron chi connectivity index (χ3n) is 7.32. The molecule has 4 aromatic rings. The molecule has 41 heavy (non-hydrogen) atoms. The van der Waals surface area contributed by atoms with E-state index in [2.05, 4.69) is 48.4 Å². The van der Waals surface area contributed by atoms with E-state index in [0.717, 1.165) is 47.5 Å². The third-order valence-corrected chi connectivity index (χ3v) is 8.23. The van der Waals surface area contributed by atoms with Crippen molar-refractivity contribution < 1.29 is 14.3 Å². The van der Waals surface area contributed by atoms with Crippen molar-refractivity contribution in [1.29, 1.82) is 0 Å². The van der Waals surface area contributed by atoms with Gasteiger partial charge in [-0.3, -0.25) is 14.2 Å². The van der Waals surface area contributed by atoms with Crippen LogP contribution in [-0.2, 0) is 17.8 Å². The summed E-state index contributed by atoms with van der Waals surface area (Å²) < 4.78 is 7.65. The van der Waals surface area contributed by atoms with Crippen LogP contribution in [0, 0.1) is 13.8 Å². The number of hydrogen-bond donors (Lipinski definition) is 1. The van der Waals surface area contributed by atoms with E-state index in [1.54, 1.807) is 12.1 Å². The molecule has 0 saturated heterocycles. The lowest BCUT2D eigenvalue weighted by Crippen LogP contribution is -2.30. The third kappa shape index (κ3) is 6.46. The fraction of sp³-hybridized carbons (Fsp3) is 0.312. The lowest BCUT2D eigenvalue weighted by molar-refractivity contribution is -0.116. The Kier molecular flexibility index (Phi) is 9.04. The van der Waals surface area contributed by atoms with Crippen LogP contribution in [0.1, 0.15) is 52.6 Å². The molecule has 3 aromatic carbocycles. The summed E-state index contributed by atoms with van der Waals surface area (Å²) in [6.07, 6.45) is 2.92. The minimum absolute atomic E-state index is 0.0347. The number of aryl methyl sites for hydroxylation is 1. The van der Waals surface area contributed by atoms with Crippen molar-refractivity contribution in [2.24, 2.45) is 0 Å². The van der Waals surface area contributed by atoms with Crippen molar-refractivity contribution in [3.05, 3.63) is 94.8 Å². The van der Waals surface area contributed by atoms with Crippen LogP contribution < -0.4 is 15.0 Å². The van der Waals surface area contributed by atoms with Gasteiger partial charge in [0.25, 0.3) is 5.91 Å². The van der Waals surface area contributed by atoms with Gasteiger partial charge in [0.05, 0.1) is 24.6 Å². The molecule has 1 aliphatic rings. The first-order chi connectivity index (χ1) is 20.0. The number of fused-ring (bicyclic) bond motifs is 1. The molecule has 0 radical (unpaired) electrons. The molecule has 0 fully saturated rings. The summed E-state index contributed by atoms with van der Waals surface area (Å²) in [7, 11) is 0. The van der Waals surface area contributed by atoms with Crippen molar-refractivity contribution >= 4 is 29.3 Å². The highest BCUT2D eigenvalue weighted by molar-refractivity contribution is 7.99. The number of thioether (sulfide) groups is 1. The summed E-state index contributed by atoms with van der Waals surface area (Å²) in [4.78, 5) is 28.0. The van der Waals surface area contributed by atoms with Crippen LogP contribution in [0.2, 0.25) is 0 Å². The van der Waals surface area contributed by atoms with Gasteiger partial charge in [0, 0.05) is 17.8 Å². The highest BCUT2D eigenvalue weighted by Crippen LogP contribution is 2.30. The summed E-state index contributed by atoms with van der Waals surface area (Å²) in [5.74, 6) is 1.40. The molecule has 8 nitrogen and oxygen atoms in total. The Hall–Kier alpha value is -4.11. The van der Waals surface area contributed by atoms with E-state index in [4.69, 9.17) is 4.74 Å². The number of carbonyl (C=O) groups is 2. The number of para-hydroxylation sites is 1. The molecule has 0 atom stereocenters. The molecule has 1 aromatic heterocycles. The molecule has 5 rings (SSSR count). The lowest BCUT2D eigenvalue weighted by Gasteiger charge is -2.18. The summed E-state index contributed by atoms with van der Waals surface area (Å²) in [6, 6.07) is 21.2. The van der Waals surface area contributed by atoms with E-state index in [1.165, 1.54) is 17.3 Å². The quantitative estimate of drug-likeness (QED) is 0.185. The SMILES string of the molecule is CCCCOc1ccc(C(=O)NCc2nnc(SCC(=O)N3CCc4ccccc43)n2-c2cccc(C)c2C)cc1. The van der Waals surface area contributed by atoms with E-state index in [0.29, 0.717) is 29.7 Å². The molecular formula is C32H35N5O3S. The largest absolute Gasteiger partial charge is 0.494 e. The molecule has 0 spiro atoms. The number of unbranched alkanes of at least 4 members (excludes halogenated alkanes) is 1. The first-order valence-corrected chi connectivity index (χ1v) is 15.0. The average molecular weight is 570 g/mol. The number of anilines is 1. The number of benzene rings is 3. The summed E-state index contributed by atoms with van der Waals surface area (Å²) in [5, 5.41) is 12.5. The molecule has 0 aliphatic carbocycles. The van der Waals surface area contributed by atoms with E-state index in [9.17, 15) is 9.59 Å². The number of nitrogens with zero attached hydrogens (tertiary/aromatic N) is 4.